The van der Waals surface area contributed by atoms with Crippen LogP contribution >= 0.6 is 0 Å². The van der Waals surface area contributed by atoms with Crippen LogP contribution in [-0.2, 0) is 0 Å². The largest absolute Gasteiger partial charge is 0.324 e. The molecule has 1 aromatic heterocycles. The fraction of sp³-hybridized carbons (Fsp3) is 0.417. The summed E-state index contributed by atoms with van der Waals surface area (Å²) >= 11 is 0. The van der Waals surface area contributed by atoms with E-state index < -0.39 is 0 Å². The fourth-order valence-corrected chi connectivity index (χ4v) is 1.45. The van der Waals surface area contributed by atoms with Crippen LogP contribution in [0.1, 0.15) is 37.1 Å². The number of aryl methyl sites for hydroxylation is 1. The van der Waals surface area contributed by atoms with E-state index in [1.165, 1.54) is 5.57 Å². The van der Waals surface area contributed by atoms with Gasteiger partial charge in [0.15, 0.2) is 0 Å². The van der Waals surface area contributed by atoms with Gasteiger partial charge in [-0.2, -0.15) is 0 Å². The molecule has 1 rings (SSSR count). The predicted octanol–water partition coefficient (Wildman–Crippen LogP) is 2.75. The third kappa shape index (κ3) is 2.67. The van der Waals surface area contributed by atoms with E-state index >= 15 is 0 Å². The van der Waals surface area contributed by atoms with Gasteiger partial charge in [0.2, 0.25) is 0 Å². The van der Waals surface area contributed by atoms with Gasteiger partial charge in [-0.25, -0.2) is 0 Å². The summed E-state index contributed by atoms with van der Waals surface area (Å²) in [5.41, 5.74) is 9.41. The number of rotatable bonds is 4. The SMILES string of the molecule is C=C(CC)CC(N)c1cccnc1C. The van der Waals surface area contributed by atoms with Crippen molar-refractivity contribution in [2.24, 2.45) is 5.73 Å². The molecule has 0 saturated heterocycles. The molecule has 1 atom stereocenters. The summed E-state index contributed by atoms with van der Waals surface area (Å²) in [6.07, 6.45) is 3.64. The van der Waals surface area contributed by atoms with Gasteiger partial charge < -0.3 is 5.73 Å². The fourth-order valence-electron chi connectivity index (χ4n) is 1.45. The zero-order valence-electron chi connectivity index (χ0n) is 8.96. The Morgan fingerprint density at radius 2 is 2.36 bits per heavy atom. The van der Waals surface area contributed by atoms with Gasteiger partial charge in [-0.05, 0) is 31.4 Å². The molecule has 0 radical (unpaired) electrons. The first-order valence-corrected chi connectivity index (χ1v) is 4.99. The number of aromatic nitrogens is 1. The predicted molar refractivity (Wildman–Crippen MR) is 60.0 cm³/mol. The minimum absolute atomic E-state index is 0.0381. The second-order valence-corrected chi connectivity index (χ2v) is 3.59. The van der Waals surface area contributed by atoms with E-state index in [0.29, 0.717) is 0 Å². The number of nitrogens with two attached hydrogens (primary N) is 1. The van der Waals surface area contributed by atoms with E-state index in [2.05, 4.69) is 18.5 Å². The Labute approximate surface area is 85.9 Å². The quantitative estimate of drug-likeness (QED) is 0.741. The Balaban J connectivity index is 2.74. The molecule has 0 saturated carbocycles. The van der Waals surface area contributed by atoms with E-state index in [1.807, 2.05) is 19.1 Å². The van der Waals surface area contributed by atoms with Crippen molar-refractivity contribution in [3.8, 4) is 0 Å². The molecule has 0 spiro atoms. The van der Waals surface area contributed by atoms with Crippen molar-refractivity contribution < 1.29 is 0 Å². The van der Waals surface area contributed by atoms with Crippen molar-refractivity contribution in [1.82, 2.24) is 4.98 Å². The lowest BCUT2D eigenvalue weighted by molar-refractivity contribution is 0.692. The molecule has 0 aliphatic rings. The minimum Gasteiger partial charge on any atom is -0.324 e. The van der Waals surface area contributed by atoms with Gasteiger partial charge in [0.1, 0.15) is 0 Å². The summed E-state index contributed by atoms with van der Waals surface area (Å²) in [4.78, 5) is 4.22. The van der Waals surface area contributed by atoms with Gasteiger partial charge in [-0.3, -0.25) is 4.98 Å². The summed E-state index contributed by atoms with van der Waals surface area (Å²) in [6.45, 7) is 8.06. The van der Waals surface area contributed by atoms with Gasteiger partial charge >= 0.3 is 0 Å². The van der Waals surface area contributed by atoms with Crippen LogP contribution in [0.25, 0.3) is 0 Å². The highest BCUT2D eigenvalue weighted by molar-refractivity contribution is 5.23. The van der Waals surface area contributed by atoms with Crippen molar-refractivity contribution in [3.63, 3.8) is 0 Å². The van der Waals surface area contributed by atoms with Crippen LogP contribution in [0.2, 0.25) is 0 Å². The molecule has 0 aliphatic heterocycles. The Bertz CT molecular complexity index is 318. The molecule has 0 amide bonds. The summed E-state index contributed by atoms with van der Waals surface area (Å²) in [5, 5.41) is 0. The average Bonchev–Trinajstić information content (AvgIpc) is 2.18. The summed E-state index contributed by atoms with van der Waals surface area (Å²) in [5.74, 6) is 0. The van der Waals surface area contributed by atoms with Gasteiger partial charge in [-0.1, -0.05) is 25.1 Å². The standard InChI is InChI=1S/C12H18N2/c1-4-9(2)8-12(13)11-6-5-7-14-10(11)3/h5-7,12H,2,4,8,13H2,1,3H3. The van der Waals surface area contributed by atoms with Gasteiger partial charge in [0, 0.05) is 17.9 Å². The normalized spacial score (nSPS) is 12.5. The minimum atomic E-state index is 0.0381. The molecule has 0 aliphatic carbocycles. The number of pyridine rings is 1. The molecule has 0 aromatic carbocycles. The first-order chi connectivity index (χ1) is 6.65. The van der Waals surface area contributed by atoms with E-state index in [4.69, 9.17) is 5.73 Å². The lowest BCUT2D eigenvalue weighted by Crippen LogP contribution is -2.12. The van der Waals surface area contributed by atoms with Gasteiger partial charge in [0.05, 0.1) is 0 Å². The number of nitrogens with zero attached hydrogens (tertiary/aromatic N) is 1. The van der Waals surface area contributed by atoms with Crippen LogP contribution in [-0.4, -0.2) is 4.98 Å². The van der Waals surface area contributed by atoms with Crippen molar-refractivity contribution in [3.05, 3.63) is 41.7 Å². The summed E-state index contributed by atoms with van der Waals surface area (Å²) < 4.78 is 0. The van der Waals surface area contributed by atoms with Crippen LogP contribution in [0.5, 0.6) is 0 Å². The molecule has 1 heterocycles. The number of hydrogen-bond donors (Lipinski definition) is 1. The van der Waals surface area contributed by atoms with Crippen molar-refractivity contribution in [2.45, 2.75) is 32.7 Å². The van der Waals surface area contributed by atoms with Crippen molar-refractivity contribution >= 4 is 0 Å². The number of hydrogen-bond acceptors (Lipinski definition) is 2. The molecule has 0 bridgehead atoms. The van der Waals surface area contributed by atoms with E-state index in [9.17, 15) is 0 Å². The third-order valence-corrected chi connectivity index (χ3v) is 2.46. The second-order valence-electron chi connectivity index (χ2n) is 3.59. The molecule has 0 fully saturated rings. The summed E-state index contributed by atoms with van der Waals surface area (Å²) in [7, 11) is 0. The zero-order valence-corrected chi connectivity index (χ0v) is 8.96. The second kappa shape index (κ2) is 4.91. The Morgan fingerprint density at radius 1 is 1.64 bits per heavy atom. The molecule has 2 heteroatoms. The van der Waals surface area contributed by atoms with Gasteiger partial charge in [-0.15, -0.1) is 0 Å². The lowest BCUT2D eigenvalue weighted by atomic mass is 9.98. The third-order valence-electron chi connectivity index (χ3n) is 2.46. The molecular weight excluding hydrogens is 172 g/mol. The maximum absolute atomic E-state index is 6.07. The molecule has 14 heavy (non-hydrogen) atoms. The zero-order chi connectivity index (χ0) is 10.6. The summed E-state index contributed by atoms with van der Waals surface area (Å²) in [6, 6.07) is 4.00. The Hall–Kier alpha value is -1.15. The van der Waals surface area contributed by atoms with E-state index in [1.54, 1.807) is 6.20 Å². The maximum Gasteiger partial charge on any atom is 0.0420 e. The van der Waals surface area contributed by atoms with Crippen LogP contribution in [0.4, 0.5) is 0 Å². The van der Waals surface area contributed by atoms with Crippen LogP contribution in [0.3, 0.4) is 0 Å². The van der Waals surface area contributed by atoms with E-state index in [-0.39, 0.29) is 6.04 Å². The molecule has 1 aromatic rings. The van der Waals surface area contributed by atoms with Crippen LogP contribution in [0, 0.1) is 6.92 Å². The highest BCUT2D eigenvalue weighted by atomic mass is 14.7. The molecule has 1 unspecified atom stereocenters. The van der Waals surface area contributed by atoms with Crippen LogP contribution < -0.4 is 5.73 Å². The molecular formula is C12H18N2. The van der Waals surface area contributed by atoms with Crippen molar-refractivity contribution in [2.75, 3.05) is 0 Å². The molecule has 2 N–H and O–H groups in total. The van der Waals surface area contributed by atoms with Crippen LogP contribution in [0.15, 0.2) is 30.5 Å². The molecule has 2 nitrogen and oxygen atoms in total. The average molecular weight is 190 g/mol. The smallest absolute Gasteiger partial charge is 0.0420 e. The maximum atomic E-state index is 6.07. The monoisotopic (exact) mass is 190 g/mol. The highest BCUT2D eigenvalue weighted by Gasteiger charge is 2.09. The Morgan fingerprint density at radius 3 is 2.93 bits per heavy atom. The highest BCUT2D eigenvalue weighted by Crippen LogP contribution is 2.20. The van der Waals surface area contributed by atoms with Crippen molar-refractivity contribution in [1.29, 1.82) is 0 Å². The topological polar surface area (TPSA) is 38.9 Å². The Kier molecular flexibility index (Phi) is 3.84. The lowest BCUT2D eigenvalue weighted by Gasteiger charge is -2.14. The van der Waals surface area contributed by atoms with E-state index in [0.717, 1.165) is 24.1 Å². The molecule has 76 valence electrons. The van der Waals surface area contributed by atoms with Gasteiger partial charge in [0.25, 0.3) is 0 Å². The first-order valence-electron chi connectivity index (χ1n) is 4.99. The first kappa shape index (κ1) is 10.9.